The highest BCUT2D eigenvalue weighted by atomic mass is 32.1. The first-order valence-corrected chi connectivity index (χ1v) is 7.59. The van der Waals surface area contributed by atoms with Gasteiger partial charge < -0.3 is 0 Å². The maximum atomic E-state index is 11.7. The van der Waals surface area contributed by atoms with Gasteiger partial charge in [-0.3, -0.25) is 4.79 Å². The quantitative estimate of drug-likeness (QED) is 0.843. The average molecular weight is 276 g/mol. The minimum absolute atomic E-state index is 0.0580. The number of carbonyl (C=O) groups is 1. The van der Waals surface area contributed by atoms with Crippen molar-refractivity contribution in [2.45, 2.75) is 57.8 Å². The first-order valence-electron chi connectivity index (χ1n) is 6.77. The number of carbonyl (C=O) groups excluding carboxylic acids is 1. The maximum Gasteiger partial charge on any atom is 0.150 e. The van der Waals surface area contributed by atoms with Crippen LogP contribution < -0.4 is 0 Å². The van der Waals surface area contributed by atoms with Gasteiger partial charge in [-0.15, -0.1) is 11.3 Å². The van der Waals surface area contributed by atoms with Crippen LogP contribution in [0.5, 0.6) is 0 Å². The number of hydrogen-bond donors (Lipinski definition) is 0. The van der Waals surface area contributed by atoms with Crippen molar-refractivity contribution >= 4 is 17.1 Å². The highest BCUT2D eigenvalue weighted by Crippen LogP contribution is 2.41. The summed E-state index contributed by atoms with van der Waals surface area (Å²) >= 11 is 1.78. The molecule has 1 aliphatic carbocycles. The molecule has 1 saturated carbocycles. The van der Waals surface area contributed by atoms with E-state index in [2.05, 4.69) is 25.8 Å². The van der Waals surface area contributed by atoms with Crippen molar-refractivity contribution in [3.8, 4) is 6.07 Å². The summed E-state index contributed by atoms with van der Waals surface area (Å²) in [7, 11) is 0. The van der Waals surface area contributed by atoms with Crippen LogP contribution in [0.3, 0.4) is 0 Å². The van der Waals surface area contributed by atoms with Crippen molar-refractivity contribution in [3.05, 3.63) is 16.1 Å². The van der Waals surface area contributed by atoms with Crippen LogP contribution in [0.2, 0.25) is 0 Å². The molecule has 2 atom stereocenters. The molecule has 1 aromatic rings. The fourth-order valence-electron chi connectivity index (χ4n) is 2.54. The van der Waals surface area contributed by atoms with Gasteiger partial charge in [-0.05, 0) is 24.7 Å². The Morgan fingerprint density at radius 2 is 2.26 bits per heavy atom. The zero-order chi connectivity index (χ0) is 14.0. The van der Waals surface area contributed by atoms with Crippen LogP contribution in [0.15, 0.2) is 6.20 Å². The third-order valence-electron chi connectivity index (χ3n) is 3.75. The van der Waals surface area contributed by atoms with Crippen LogP contribution in [0.25, 0.3) is 0 Å². The van der Waals surface area contributed by atoms with Crippen LogP contribution in [-0.2, 0) is 10.2 Å². The highest BCUT2D eigenvalue weighted by molar-refractivity contribution is 7.11. The number of rotatable bonds is 3. The fraction of sp³-hybridized carbons (Fsp3) is 0.667. The Kier molecular flexibility index (Phi) is 4.05. The molecule has 0 bridgehead atoms. The number of aromatic nitrogens is 1. The lowest BCUT2D eigenvalue weighted by Crippen LogP contribution is -2.10. The Morgan fingerprint density at radius 3 is 2.84 bits per heavy atom. The molecule has 0 aromatic carbocycles. The van der Waals surface area contributed by atoms with E-state index >= 15 is 0 Å². The van der Waals surface area contributed by atoms with E-state index in [4.69, 9.17) is 5.26 Å². The lowest BCUT2D eigenvalue weighted by Gasteiger charge is -2.14. The van der Waals surface area contributed by atoms with Gasteiger partial charge in [0.25, 0.3) is 0 Å². The Morgan fingerprint density at radius 1 is 1.53 bits per heavy atom. The monoisotopic (exact) mass is 276 g/mol. The molecule has 1 heterocycles. The Hall–Kier alpha value is -1.21. The lowest BCUT2D eigenvalue weighted by atomic mass is 9.96. The lowest BCUT2D eigenvalue weighted by molar-refractivity contribution is -0.121. The van der Waals surface area contributed by atoms with Crippen LogP contribution in [0.1, 0.15) is 62.3 Å². The van der Waals surface area contributed by atoms with Crippen molar-refractivity contribution < 1.29 is 4.79 Å². The molecule has 0 N–H and O–H groups in total. The SMILES string of the molecule is CC(C)(C)c1cnc(C2CCC(C(=O)CC#N)C2)s1. The number of nitrogens with zero attached hydrogens (tertiary/aromatic N) is 2. The highest BCUT2D eigenvalue weighted by Gasteiger charge is 2.32. The zero-order valence-electron chi connectivity index (χ0n) is 11.8. The molecular weight excluding hydrogens is 256 g/mol. The zero-order valence-corrected chi connectivity index (χ0v) is 12.6. The van der Waals surface area contributed by atoms with Crippen molar-refractivity contribution in [1.82, 2.24) is 4.98 Å². The van der Waals surface area contributed by atoms with Gasteiger partial charge in [-0.1, -0.05) is 20.8 Å². The van der Waals surface area contributed by atoms with Crippen molar-refractivity contribution in [2.75, 3.05) is 0 Å². The van der Waals surface area contributed by atoms with E-state index in [0.29, 0.717) is 5.92 Å². The topological polar surface area (TPSA) is 53.8 Å². The third kappa shape index (κ3) is 3.22. The number of hydrogen-bond acceptors (Lipinski definition) is 4. The van der Waals surface area contributed by atoms with Crippen molar-refractivity contribution in [3.63, 3.8) is 0 Å². The van der Waals surface area contributed by atoms with Crippen LogP contribution in [0, 0.1) is 17.2 Å². The molecule has 102 valence electrons. The average Bonchev–Trinajstić information content (AvgIpc) is 2.97. The van der Waals surface area contributed by atoms with Gasteiger partial charge in [0.1, 0.15) is 5.78 Å². The number of nitriles is 1. The van der Waals surface area contributed by atoms with E-state index in [-0.39, 0.29) is 23.5 Å². The Bertz CT molecular complexity index is 507. The van der Waals surface area contributed by atoms with E-state index in [1.165, 1.54) is 4.88 Å². The van der Waals surface area contributed by atoms with Crippen LogP contribution in [-0.4, -0.2) is 10.8 Å². The summed E-state index contributed by atoms with van der Waals surface area (Å²) in [4.78, 5) is 17.6. The minimum Gasteiger partial charge on any atom is -0.298 e. The van der Waals surface area contributed by atoms with Crippen molar-refractivity contribution in [1.29, 1.82) is 5.26 Å². The number of thiazole rings is 1. The summed E-state index contributed by atoms with van der Waals surface area (Å²) in [6, 6.07) is 1.96. The molecule has 1 aliphatic rings. The molecule has 3 nitrogen and oxygen atoms in total. The van der Waals surface area contributed by atoms with Crippen LogP contribution in [0.4, 0.5) is 0 Å². The Labute approximate surface area is 118 Å². The molecule has 0 spiro atoms. The molecule has 0 saturated heterocycles. The van der Waals surface area contributed by atoms with Gasteiger partial charge >= 0.3 is 0 Å². The molecule has 2 unspecified atom stereocenters. The second-order valence-corrected chi connectivity index (χ2v) is 7.38. The normalized spacial score (nSPS) is 23.3. The molecular formula is C15H20N2OS. The van der Waals surface area contributed by atoms with Crippen LogP contribution >= 0.6 is 11.3 Å². The largest absolute Gasteiger partial charge is 0.298 e. The smallest absolute Gasteiger partial charge is 0.150 e. The van der Waals surface area contributed by atoms with Gasteiger partial charge in [-0.25, -0.2) is 4.98 Å². The van der Waals surface area contributed by atoms with E-state index in [1.807, 2.05) is 12.3 Å². The minimum atomic E-state index is 0.0580. The molecule has 0 amide bonds. The summed E-state index contributed by atoms with van der Waals surface area (Å²) < 4.78 is 0. The number of ketones is 1. The standard InChI is InChI=1S/C15H20N2OS/c1-15(2,3)13-9-17-14(19-13)11-5-4-10(8-11)12(18)6-7-16/h9-11H,4-6,8H2,1-3H3. The molecule has 0 aliphatic heterocycles. The molecule has 1 aromatic heterocycles. The molecule has 19 heavy (non-hydrogen) atoms. The summed E-state index contributed by atoms with van der Waals surface area (Å²) in [5.74, 6) is 0.595. The third-order valence-corrected chi connectivity index (χ3v) is 5.34. The number of Topliss-reactive ketones (excluding diaryl/α,β-unsaturated/α-hetero) is 1. The first-order chi connectivity index (χ1) is 8.91. The summed E-state index contributed by atoms with van der Waals surface area (Å²) in [5, 5.41) is 9.76. The first kappa shape index (κ1) is 14.2. The molecule has 0 radical (unpaired) electrons. The predicted molar refractivity (Wildman–Crippen MR) is 76.1 cm³/mol. The predicted octanol–water partition coefficient (Wildman–Crippen LogP) is 3.81. The Balaban J connectivity index is 2.03. The maximum absolute atomic E-state index is 11.7. The fourth-order valence-corrected chi connectivity index (χ4v) is 3.67. The van der Waals surface area contributed by atoms with E-state index in [0.717, 1.165) is 24.3 Å². The molecule has 4 heteroatoms. The summed E-state index contributed by atoms with van der Waals surface area (Å²) in [5.41, 5.74) is 0.143. The molecule has 2 rings (SSSR count). The summed E-state index contributed by atoms with van der Waals surface area (Å²) in [6.07, 6.45) is 4.85. The van der Waals surface area contributed by atoms with E-state index in [1.54, 1.807) is 11.3 Å². The second kappa shape index (κ2) is 5.42. The van der Waals surface area contributed by atoms with E-state index in [9.17, 15) is 4.79 Å². The molecule has 1 fully saturated rings. The van der Waals surface area contributed by atoms with Gasteiger partial charge in [0, 0.05) is 22.9 Å². The van der Waals surface area contributed by atoms with Gasteiger partial charge in [0.05, 0.1) is 17.5 Å². The second-order valence-electron chi connectivity index (χ2n) is 6.32. The van der Waals surface area contributed by atoms with Gasteiger partial charge in [-0.2, -0.15) is 5.26 Å². The summed E-state index contributed by atoms with van der Waals surface area (Å²) in [6.45, 7) is 6.58. The van der Waals surface area contributed by atoms with Crippen molar-refractivity contribution in [2.24, 2.45) is 5.92 Å². The van der Waals surface area contributed by atoms with E-state index < -0.39 is 0 Å². The van der Waals surface area contributed by atoms with Gasteiger partial charge in [0.2, 0.25) is 0 Å². The van der Waals surface area contributed by atoms with Gasteiger partial charge in [0.15, 0.2) is 0 Å².